The van der Waals surface area contributed by atoms with Gasteiger partial charge in [-0.3, -0.25) is 5.10 Å². The Hall–Kier alpha value is -0.870. The molecule has 0 saturated heterocycles. The highest BCUT2D eigenvalue weighted by Gasteiger charge is 2.12. The standard InChI is InChI=1S/C6H11N3O/c1-4(10)6(7)5-2-3-8-9-5/h2-4,6,10H,7H2,1H3,(H,8,9). The summed E-state index contributed by atoms with van der Waals surface area (Å²) in [5.74, 6) is 0. The van der Waals surface area contributed by atoms with Crippen LogP contribution in [0.5, 0.6) is 0 Å². The Balaban J connectivity index is 2.68. The molecule has 4 nitrogen and oxygen atoms in total. The number of H-pyrrole nitrogens is 1. The van der Waals surface area contributed by atoms with Gasteiger partial charge in [0.15, 0.2) is 0 Å². The normalized spacial score (nSPS) is 16.7. The van der Waals surface area contributed by atoms with E-state index >= 15 is 0 Å². The van der Waals surface area contributed by atoms with Gasteiger partial charge >= 0.3 is 0 Å². The van der Waals surface area contributed by atoms with Crippen molar-refractivity contribution >= 4 is 0 Å². The molecule has 0 aliphatic heterocycles. The average Bonchev–Trinajstić information content (AvgIpc) is 2.36. The zero-order chi connectivity index (χ0) is 7.56. The van der Waals surface area contributed by atoms with Gasteiger partial charge in [0.05, 0.1) is 17.8 Å². The fourth-order valence-electron chi connectivity index (χ4n) is 0.704. The van der Waals surface area contributed by atoms with Crippen LogP contribution in [0.15, 0.2) is 12.3 Å². The third-order valence-corrected chi connectivity index (χ3v) is 1.38. The molecule has 0 bridgehead atoms. The molecule has 0 radical (unpaired) electrons. The van der Waals surface area contributed by atoms with Gasteiger partial charge in [-0.25, -0.2) is 0 Å². The van der Waals surface area contributed by atoms with Crippen molar-refractivity contribution in [2.75, 3.05) is 0 Å². The van der Waals surface area contributed by atoms with Crippen molar-refractivity contribution in [2.24, 2.45) is 5.73 Å². The molecule has 2 atom stereocenters. The van der Waals surface area contributed by atoms with Crippen LogP contribution in [0.3, 0.4) is 0 Å². The van der Waals surface area contributed by atoms with E-state index in [4.69, 9.17) is 10.8 Å². The number of aliphatic hydroxyl groups excluding tert-OH is 1. The lowest BCUT2D eigenvalue weighted by atomic mass is 10.1. The molecule has 4 heteroatoms. The molecule has 1 aromatic rings. The van der Waals surface area contributed by atoms with Crippen LogP contribution >= 0.6 is 0 Å². The molecule has 2 unspecified atom stereocenters. The van der Waals surface area contributed by atoms with Gasteiger partial charge < -0.3 is 10.8 Å². The maximum absolute atomic E-state index is 9.01. The third-order valence-electron chi connectivity index (χ3n) is 1.38. The predicted octanol–water partition coefficient (Wildman–Crippen LogP) is -0.210. The second kappa shape index (κ2) is 2.81. The summed E-state index contributed by atoms with van der Waals surface area (Å²) in [6, 6.07) is 1.36. The molecular weight excluding hydrogens is 130 g/mol. The highest BCUT2D eigenvalue weighted by atomic mass is 16.3. The second-order valence-corrected chi connectivity index (χ2v) is 2.27. The molecule has 1 heterocycles. The molecule has 0 aliphatic rings. The van der Waals surface area contributed by atoms with Crippen molar-refractivity contribution in [1.29, 1.82) is 0 Å². The van der Waals surface area contributed by atoms with E-state index in [1.165, 1.54) is 0 Å². The molecule has 0 saturated carbocycles. The Morgan fingerprint density at radius 2 is 2.50 bits per heavy atom. The molecule has 56 valence electrons. The summed E-state index contributed by atoms with van der Waals surface area (Å²) in [6.45, 7) is 1.64. The fourth-order valence-corrected chi connectivity index (χ4v) is 0.704. The van der Waals surface area contributed by atoms with Crippen molar-refractivity contribution in [3.63, 3.8) is 0 Å². The topological polar surface area (TPSA) is 74.9 Å². The average molecular weight is 141 g/mol. The highest BCUT2D eigenvalue weighted by Crippen LogP contribution is 2.08. The van der Waals surface area contributed by atoms with Gasteiger partial charge in [0.1, 0.15) is 0 Å². The summed E-state index contributed by atoms with van der Waals surface area (Å²) in [6.07, 6.45) is 1.13. The highest BCUT2D eigenvalue weighted by molar-refractivity contribution is 5.04. The Labute approximate surface area is 59.1 Å². The van der Waals surface area contributed by atoms with Crippen molar-refractivity contribution in [2.45, 2.75) is 19.1 Å². The Morgan fingerprint density at radius 3 is 2.90 bits per heavy atom. The summed E-state index contributed by atoms with van der Waals surface area (Å²) < 4.78 is 0. The van der Waals surface area contributed by atoms with E-state index in [0.29, 0.717) is 5.69 Å². The summed E-state index contributed by atoms with van der Waals surface area (Å²) in [4.78, 5) is 0. The minimum Gasteiger partial charge on any atom is -0.391 e. The minimum absolute atomic E-state index is 0.383. The van der Waals surface area contributed by atoms with Crippen LogP contribution in [0.2, 0.25) is 0 Å². The summed E-state index contributed by atoms with van der Waals surface area (Å²) in [7, 11) is 0. The lowest BCUT2D eigenvalue weighted by molar-refractivity contribution is 0.162. The quantitative estimate of drug-likeness (QED) is 0.533. The van der Waals surface area contributed by atoms with Crippen LogP contribution in [-0.4, -0.2) is 21.4 Å². The summed E-state index contributed by atoms with van der Waals surface area (Å²) in [5.41, 5.74) is 6.24. The van der Waals surface area contributed by atoms with Crippen molar-refractivity contribution < 1.29 is 5.11 Å². The largest absolute Gasteiger partial charge is 0.391 e. The first-order valence-corrected chi connectivity index (χ1v) is 3.15. The molecule has 0 aromatic carbocycles. The summed E-state index contributed by atoms with van der Waals surface area (Å²) in [5, 5.41) is 15.5. The van der Waals surface area contributed by atoms with Crippen molar-refractivity contribution in [3.8, 4) is 0 Å². The molecule has 1 aromatic heterocycles. The molecule has 4 N–H and O–H groups in total. The maximum atomic E-state index is 9.01. The van der Waals surface area contributed by atoms with Gasteiger partial charge in [0, 0.05) is 6.20 Å². The van der Waals surface area contributed by atoms with Crippen LogP contribution < -0.4 is 5.73 Å². The first kappa shape index (κ1) is 7.24. The lowest BCUT2D eigenvalue weighted by Gasteiger charge is -2.10. The first-order valence-electron chi connectivity index (χ1n) is 3.15. The van der Waals surface area contributed by atoms with Crippen LogP contribution in [0.1, 0.15) is 18.7 Å². The van der Waals surface area contributed by atoms with E-state index in [0.717, 1.165) is 0 Å². The molecule has 0 amide bonds. The number of aromatic amines is 1. The van der Waals surface area contributed by atoms with Crippen molar-refractivity contribution in [1.82, 2.24) is 10.2 Å². The molecule has 0 spiro atoms. The fraction of sp³-hybridized carbons (Fsp3) is 0.500. The monoisotopic (exact) mass is 141 g/mol. The minimum atomic E-state index is -0.553. The van der Waals surface area contributed by atoms with E-state index in [1.54, 1.807) is 19.2 Å². The van der Waals surface area contributed by atoms with Crippen molar-refractivity contribution in [3.05, 3.63) is 18.0 Å². The van der Waals surface area contributed by atoms with Crippen LogP contribution in [0, 0.1) is 0 Å². The van der Waals surface area contributed by atoms with Gasteiger partial charge in [-0.2, -0.15) is 5.10 Å². The van der Waals surface area contributed by atoms with Crippen LogP contribution in [0.4, 0.5) is 0 Å². The molecular formula is C6H11N3O. The third kappa shape index (κ3) is 1.34. The van der Waals surface area contributed by atoms with Gasteiger partial charge in [0.25, 0.3) is 0 Å². The molecule has 1 rings (SSSR count). The van der Waals surface area contributed by atoms with E-state index in [1.807, 2.05) is 0 Å². The van der Waals surface area contributed by atoms with E-state index in [9.17, 15) is 0 Å². The van der Waals surface area contributed by atoms with Crippen LogP contribution in [0.25, 0.3) is 0 Å². The first-order chi connectivity index (χ1) is 4.72. The zero-order valence-electron chi connectivity index (χ0n) is 5.78. The number of hydrogen-bond acceptors (Lipinski definition) is 3. The number of aliphatic hydroxyl groups is 1. The number of aromatic nitrogens is 2. The van der Waals surface area contributed by atoms with Gasteiger partial charge in [-0.15, -0.1) is 0 Å². The number of rotatable bonds is 2. The Kier molecular flexibility index (Phi) is 2.03. The number of nitrogens with one attached hydrogen (secondary N) is 1. The predicted molar refractivity (Wildman–Crippen MR) is 37.2 cm³/mol. The summed E-state index contributed by atoms with van der Waals surface area (Å²) >= 11 is 0. The Bertz CT molecular complexity index is 183. The smallest absolute Gasteiger partial charge is 0.0815 e. The maximum Gasteiger partial charge on any atom is 0.0815 e. The van der Waals surface area contributed by atoms with E-state index in [-0.39, 0.29) is 6.04 Å². The van der Waals surface area contributed by atoms with Gasteiger partial charge in [-0.1, -0.05) is 0 Å². The lowest BCUT2D eigenvalue weighted by Crippen LogP contribution is -2.23. The van der Waals surface area contributed by atoms with Gasteiger partial charge in [-0.05, 0) is 13.0 Å². The van der Waals surface area contributed by atoms with E-state index < -0.39 is 6.10 Å². The second-order valence-electron chi connectivity index (χ2n) is 2.27. The van der Waals surface area contributed by atoms with Crippen LogP contribution in [-0.2, 0) is 0 Å². The SMILES string of the molecule is CC(O)C(N)c1cc[nH]n1. The molecule has 0 aliphatic carbocycles. The molecule has 0 fully saturated rings. The number of nitrogens with two attached hydrogens (primary N) is 1. The Morgan fingerprint density at radius 1 is 1.80 bits per heavy atom. The molecule has 10 heavy (non-hydrogen) atoms. The van der Waals surface area contributed by atoms with Gasteiger partial charge in [0.2, 0.25) is 0 Å². The number of hydrogen-bond donors (Lipinski definition) is 3. The van der Waals surface area contributed by atoms with E-state index in [2.05, 4.69) is 10.2 Å². The number of nitrogens with zero attached hydrogens (tertiary/aromatic N) is 1. The zero-order valence-corrected chi connectivity index (χ0v) is 5.78.